The van der Waals surface area contributed by atoms with Crippen LogP contribution in [0.5, 0.6) is 5.75 Å². The molecule has 280 valence electrons. The van der Waals surface area contributed by atoms with Crippen molar-refractivity contribution in [2.45, 2.75) is 23.6 Å². The molecule has 2 heterocycles. The van der Waals surface area contributed by atoms with Crippen LogP contribution >= 0.6 is 22.7 Å². The first-order valence-corrected chi connectivity index (χ1v) is 21.3. The molecular weight excluding hydrogens is 839 g/mol. The minimum atomic E-state index is -4.75. The number of hydrogen-bond donors (Lipinski definition) is 0. The number of benzene rings is 6. The Bertz CT molecular complexity index is 3120. The van der Waals surface area contributed by atoms with Crippen molar-refractivity contribution in [3.05, 3.63) is 115 Å². The summed E-state index contributed by atoms with van der Waals surface area (Å²) in [7, 11) is -9.43. The van der Waals surface area contributed by atoms with E-state index in [1.165, 1.54) is 29.5 Å². The Hall–Kier alpha value is -3.82. The second-order valence-electron chi connectivity index (χ2n) is 12.4. The van der Waals surface area contributed by atoms with E-state index in [0.717, 1.165) is 37.7 Å². The van der Waals surface area contributed by atoms with Crippen molar-refractivity contribution >= 4 is 96.9 Å². The van der Waals surface area contributed by atoms with Crippen LogP contribution in [0.1, 0.15) is 12.5 Å². The van der Waals surface area contributed by atoms with Gasteiger partial charge in [-0.15, -0.1) is 32.9 Å². The first kappa shape index (κ1) is 43.8. The molecule has 0 amide bonds. The Kier molecular flexibility index (Phi) is 13.4. The fraction of sp³-hybridized carbons (Fsp3) is 0.0769. The molecule has 2 aromatic heterocycles. The SMILES string of the molecule is CCOc1ccc(N=Nc2ccc(N=Nc3ccc(-c4nc5ccc(-c6nc7ccc(C)c(S(=O)(=O)[O-])c7s6)cc5s4)cc3)c3cc(S(=O)(=O)[O-])ccc23)cc1.[Na+].[Na+]. The molecule has 58 heavy (non-hydrogen) atoms. The van der Waals surface area contributed by atoms with Crippen molar-refractivity contribution in [3.8, 4) is 26.9 Å². The number of nitrogens with zero attached hydrogens (tertiary/aromatic N) is 6. The van der Waals surface area contributed by atoms with Crippen LogP contribution in [-0.2, 0) is 20.2 Å². The third-order valence-corrected chi connectivity index (χ3v) is 12.8. The summed E-state index contributed by atoms with van der Waals surface area (Å²) in [5.74, 6) is 0.706. The van der Waals surface area contributed by atoms with Crippen LogP contribution in [0.3, 0.4) is 0 Å². The number of fused-ring (bicyclic) bond motifs is 3. The number of azo groups is 2. The molecule has 0 saturated heterocycles. The molecule has 0 N–H and O–H groups in total. The van der Waals surface area contributed by atoms with Crippen LogP contribution in [0.25, 0.3) is 52.3 Å². The number of aromatic nitrogens is 2. The number of ether oxygens (including phenoxy) is 1. The molecule has 0 unspecified atom stereocenters. The standard InChI is InChI=1S/C39H28N6O7S4.2Na/c1-3-52-27-12-10-26(11-13-27)43-44-31-18-19-32(30-21-28(55(46,47)48)14-15-29(30)31)45-42-25-8-5-23(6-9-25)38-40-33-17-7-24(20-35(33)53-38)39-41-34-16-4-22(2)37(36(34)54-39)56(49,50)51;;/h4-21H,3H2,1-2H3,(H,46,47,48)(H,49,50,51);;/q;2*+1/p-2. The number of aryl methyl sites for hydroxylation is 1. The van der Waals surface area contributed by atoms with E-state index in [1.807, 2.05) is 37.3 Å². The first-order valence-electron chi connectivity index (χ1n) is 16.8. The van der Waals surface area contributed by atoms with Gasteiger partial charge in [-0.25, -0.2) is 26.8 Å². The Morgan fingerprint density at radius 2 is 1.21 bits per heavy atom. The summed E-state index contributed by atoms with van der Waals surface area (Å²) in [5.41, 5.74) is 5.07. The zero-order valence-corrected chi connectivity index (χ0v) is 38.5. The molecule has 8 rings (SSSR count). The van der Waals surface area contributed by atoms with Crippen LogP contribution < -0.4 is 63.9 Å². The van der Waals surface area contributed by atoms with Crippen molar-refractivity contribution in [3.63, 3.8) is 0 Å². The molecule has 8 aromatic rings. The second-order valence-corrected chi connectivity index (χ2v) is 17.1. The van der Waals surface area contributed by atoms with E-state index >= 15 is 0 Å². The molecule has 0 aliphatic heterocycles. The normalized spacial score (nSPS) is 12.1. The maximum atomic E-state index is 12.0. The van der Waals surface area contributed by atoms with E-state index in [9.17, 15) is 25.9 Å². The Balaban J connectivity index is 0.00000283. The molecule has 19 heteroatoms. The second kappa shape index (κ2) is 17.8. The molecule has 0 saturated carbocycles. The Morgan fingerprint density at radius 3 is 1.84 bits per heavy atom. The van der Waals surface area contributed by atoms with Crippen LogP contribution in [-0.4, -0.2) is 42.5 Å². The molecule has 0 fully saturated rings. The van der Waals surface area contributed by atoms with Crippen LogP contribution in [0.4, 0.5) is 22.7 Å². The van der Waals surface area contributed by atoms with Crippen molar-refractivity contribution in [2.24, 2.45) is 20.5 Å². The molecule has 0 spiro atoms. The Morgan fingerprint density at radius 1 is 0.621 bits per heavy atom. The van der Waals surface area contributed by atoms with E-state index in [2.05, 4.69) is 25.4 Å². The third kappa shape index (κ3) is 9.31. The Labute approximate surface area is 385 Å². The van der Waals surface area contributed by atoms with Gasteiger partial charge in [0.05, 0.1) is 59.6 Å². The number of thiazole rings is 2. The van der Waals surface area contributed by atoms with Crippen LogP contribution in [0, 0.1) is 6.92 Å². The maximum absolute atomic E-state index is 12.0. The molecule has 6 aromatic carbocycles. The van der Waals surface area contributed by atoms with Crippen LogP contribution in [0.2, 0.25) is 0 Å². The van der Waals surface area contributed by atoms with E-state index in [0.29, 0.717) is 66.7 Å². The minimum absolute atomic E-state index is 0. The predicted molar refractivity (Wildman–Crippen MR) is 214 cm³/mol. The van der Waals surface area contributed by atoms with Gasteiger partial charge in [0.25, 0.3) is 0 Å². The van der Waals surface area contributed by atoms with Gasteiger partial charge in [-0.05, 0) is 116 Å². The summed E-state index contributed by atoms with van der Waals surface area (Å²) in [6.07, 6.45) is 0. The molecule has 0 atom stereocenters. The predicted octanol–water partition coefficient (Wildman–Crippen LogP) is 4.75. The van der Waals surface area contributed by atoms with Gasteiger partial charge in [0, 0.05) is 21.9 Å². The van der Waals surface area contributed by atoms with Crippen molar-refractivity contribution < 1.29 is 89.8 Å². The molecule has 0 aliphatic carbocycles. The summed E-state index contributed by atoms with van der Waals surface area (Å²) in [6.45, 7) is 4.02. The van der Waals surface area contributed by atoms with Gasteiger partial charge in [-0.2, -0.15) is 10.2 Å². The summed E-state index contributed by atoms with van der Waals surface area (Å²) in [5, 5.41) is 19.7. The largest absolute Gasteiger partial charge is 1.00 e. The van der Waals surface area contributed by atoms with Crippen LogP contribution in [0.15, 0.2) is 139 Å². The summed E-state index contributed by atoms with van der Waals surface area (Å²) in [4.78, 5) is 8.75. The average Bonchev–Trinajstić information content (AvgIpc) is 3.80. The van der Waals surface area contributed by atoms with E-state index in [1.54, 1.807) is 67.6 Å². The van der Waals surface area contributed by atoms with Crippen molar-refractivity contribution in [1.82, 2.24) is 9.97 Å². The monoisotopic (exact) mass is 864 g/mol. The van der Waals surface area contributed by atoms with Gasteiger partial charge in [0.15, 0.2) is 0 Å². The fourth-order valence-corrected chi connectivity index (χ4v) is 9.76. The maximum Gasteiger partial charge on any atom is 1.00 e. The van der Waals surface area contributed by atoms with Gasteiger partial charge in [0.1, 0.15) is 36.0 Å². The molecular formula is C39H26N6Na2O7S4. The summed E-state index contributed by atoms with van der Waals surface area (Å²) >= 11 is 2.63. The smallest absolute Gasteiger partial charge is 0.744 e. The zero-order valence-electron chi connectivity index (χ0n) is 31.3. The zero-order chi connectivity index (χ0) is 39.2. The van der Waals surface area contributed by atoms with Gasteiger partial charge in [-0.3, -0.25) is 0 Å². The van der Waals surface area contributed by atoms with Gasteiger partial charge < -0.3 is 13.8 Å². The van der Waals surface area contributed by atoms with Gasteiger partial charge >= 0.3 is 59.1 Å². The fourth-order valence-electron chi connectivity index (χ4n) is 5.98. The number of rotatable bonds is 10. The molecule has 0 aliphatic rings. The van der Waals surface area contributed by atoms with Crippen molar-refractivity contribution in [1.29, 1.82) is 0 Å². The number of hydrogen-bond acceptors (Lipinski definition) is 15. The van der Waals surface area contributed by atoms with E-state index in [-0.39, 0.29) is 64.0 Å². The quantitative estimate of drug-likeness (QED) is 0.106. The first-order chi connectivity index (χ1) is 26.8. The average molecular weight is 865 g/mol. The van der Waals surface area contributed by atoms with E-state index in [4.69, 9.17) is 9.72 Å². The topological polar surface area (TPSA) is 199 Å². The third-order valence-electron chi connectivity index (χ3n) is 8.63. The molecule has 0 radical (unpaired) electrons. The van der Waals surface area contributed by atoms with Gasteiger partial charge in [-0.1, -0.05) is 12.1 Å². The van der Waals surface area contributed by atoms with Crippen molar-refractivity contribution in [2.75, 3.05) is 6.61 Å². The minimum Gasteiger partial charge on any atom is -0.744 e. The summed E-state index contributed by atoms with van der Waals surface area (Å²) < 4.78 is 78.4. The molecule has 13 nitrogen and oxygen atoms in total. The van der Waals surface area contributed by atoms with E-state index < -0.39 is 25.1 Å². The summed E-state index contributed by atoms with van der Waals surface area (Å²) in [6, 6.07) is 30.6. The van der Waals surface area contributed by atoms with Gasteiger partial charge in [0.2, 0.25) is 0 Å². The molecule has 0 bridgehead atoms.